The second-order valence-corrected chi connectivity index (χ2v) is 8.43. The second-order valence-electron chi connectivity index (χ2n) is 5.75. The van der Waals surface area contributed by atoms with E-state index in [9.17, 15) is 8.42 Å². The van der Waals surface area contributed by atoms with E-state index in [4.69, 9.17) is 0 Å². The number of sulfonamides is 1. The summed E-state index contributed by atoms with van der Waals surface area (Å²) >= 11 is 1.32. The van der Waals surface area contributed by atoms with Crippen LogP contribution in [0, 0.1) is 13.8 Å². The summed E-state index contributed by atoms with van der Waals surface area (Å²) < 4.78 is 30.4. The van der Waals surface area contributed by atoms with Crippen molar-refractivity contribution in [3.05, 3.63) is 35.7 Å². The fourth-order valence-electron chi connectivity index (χ4n) is 2.24. The molecule has 6 nitrogen and oxygen atoms in total. The number of thiazole rings is 1. The van der Waals surface area contributed by atoms with E-state index >= 15 is 0 Å². The molecule has 1 N–H and O–H groups in total. The minimum absolute atomic E-state index is 0.100. The number of aromatic nitrogens is 3. The molecule has 122 valence electrons. The van der Waals surface area contributed by atoms with Crippen LogP contribution in [0.15, 0.2) is 29.3 Å². The first-order valence-corrected chi connectivity index (χ1v) is 9.52. The van der Waals surface area contributed by atoms with Gasteiger partial charge in [-0.05, 0) is 45.4 Å². The Kier molecular flexibility index (Phi) is 3.89. The number of anilines is 1. The summed E-state index contributed by atoms with van der Waals surface area (Å²) in [5.41, 5.74) is 2.38. The van der Waals surface area contributed by atoms with Crippen LogP contribution in [0.4, 0.5) is 5.13 Å². The van der Waals surface area contributed by atoms with Crippen LogP contribution >= 0.6 is 11.3 Å². The van der Waals surface area contributed by atoms with Crippen LogP contribution in [0.25, 0.3) is 10.2 Å². The molecule has 2 aromatic heterocycles. The molecular formula is C15H18N4O2S2. The van der Waals surface area contributed by atoms with Gasteiger partial charge in [0, 0.05) is 12.2 Å². The summed E-state index contributed by atoms with van der Waals surface area (Å²) in [6.07, 6.45) is 1.56. The fraction of sp³-hybridized carbons (Fsp3) is 0.333. The lowest BCUT2D eigenvalue weighted by molar-refractivity contribution is 0.528. The maximum atomic E-state index is 12.6. The molecule has 3 rings (SSSR count). The van der Waals surface area contributed by atoms with Gasteiger partial charge in [-0.2, -0.15) is 5.10 Å². The van der Waals surface area contributed by atoms with Gasteiger partial charge in [-0.15, -0.1) is 0 Å². The third kappa shape index (κ3) is 3.09. The smallest absolute Gasteiger partial charge is 0.267 e. The molecule has 0 saturated heterocycles. The summed E-state index contributed by atoms with van der Waals surface area (Å²) in [6, 6.07) is 5.94. The first kappa shape index (κ1) is 15.9. The number of benzene rings is 1. The number of aryl methyl sites for hydroxylation is 2. The Morgan fingerprint density at radius 1 is 1.26 bits per heavy atom. The van der Waals surface area contributed by atoms with E-state index in [1.54, 1.807) is 17.8 Å². The summed E-state index contributed by atoms with van der Waals surface area (Å²) in [6.45, 7) is 7.58. The highest BCUT2D eigenvalue weighted by Crippen LogP contribution is 2.29. The molecule has 0 aliphatic heterocycles. The van der Waals surface area contributed by atoms with E-state index in [1.165, 1.54) is 11.3 Å². The standard InChI is InChI=1S/C15H18N4O2S2/c1-9(2)19-8-14(11(4)17-19)23(20,21)18-15-16-12-6-5-10(3)7-13(12)22-15/h5-9H,1-4H3,(H,16,18). The van der Waals surface area contributed by atoms with Crippen molar-refractivity contribution in [2.75, 3.05) is 4.72 Å². The van der Waals surface area contributed by atoms with E-state index in [2.05, 4.69) is 14.8 Å². The van der Waals surface area contributed by atoms with E-state index in [0.717, 1.165) is 15.8 Å². The van der Waals surface area contributed by atoms with Gasteiger partial charge < -0.3 is 0 Å². The molecule has 2 heterocycles. The molecular weight excluding hydrogens is 332 g/mol. The third-order valence-electron chi connectivity index (χ3n) is 3.46. The van der Waals surface area contributed by atoms with E-state index in [1.807, 2.05) is 39.0 Å². The fourth-order valence-corrected chi connectivity index (χ4v) is 4.61. The van der Waals surface area contributed by atoms with Crippen LogP contribution < -0.4 is 4.72 Å². The van der Waals surface area contributed by atoms with Gasteiger partial charge in [-0.25, -0.2) is 13.4 Å². The zero-order chi connectivity index (χ0) is 16.8. The summed E-state index contributed by atoms with van der Waals surface area (Å²) in [5.74, 6) is 0. The zero-order valence-corrected chi connectivity index (χ0v) is 15.0. The summed E-state index contributed by atoms with van der Waals surface area (Å²) in [4.78, 5) is 4.52. The molecule has 0 spiro atoms. The predicted octanol–water partition coefficient (Wildman–Crippen LogP) is 3.49. The average molecular weight is 350 g/mol. The Balaban J connectivity index is 1.96. The number of hydrogen-bond acceptors (Lipinski definition) is 5. The second kappa shape index (κ2) is 5.61. The van der Waals surface area contributed by atoms with E-state index in [-0.39, 0.29) is 10.9 Å². The average Bonchev–Trinajstić information content (AvgIpc) is 3.01. The van der Waals surface area contributed by atoms with Gasteiger partial charge in [0.2, 0.25) is 0 Å². The maximum absolute atomic E-state index is 12.6. The molecule has 3 aromatic rings. The Morgan fingerprint density at radius 3 is 2.65 bits per heavy atom. The molecule has 0 aliphatic rings. The van der Waals surface area contributed by atoms with Crippen molar-refractivity contribution in [3.63, 3.8) is 0 Å². The molecule has 0 amide bonds. The Labute approximate surface area is 139 Å². The van der Waals surface area contributed by atoms with E-state index < -0.39 is 10.0 Å². The largest absolute Gasteiger partial charge is 0.269 e. The van der Waals surface area contributed by atoms with Crippen molar-refractivity contribution in [2.45, 2.75) is 38.6 Å². The zero-order valence-electron chi connectivity index (χ0n) is 13.4. The number of rotatable bonds is 4. The van der Waals surface area contributed by atoms with Crippen LogP contribution in [-0.2, 0) is 10.0 Å². The Bertz CT molecular complexity index is 971. The molecule has 1 aromatic carbocycles. The monoisotopic (exact) mass is 350 g/mol. The first-order chi connectivity index (χ1) is 10.8. The van der Waals surface area contributed by atoms with Crippen molar-refractivity contribution in [1.82, 2.24) is 14.8 Å². The van der Waals surface area contributed by atoms with Gasteiger partial charge in [0.05, 0.1) is 15.9 Å². The van der Waals surface area contributed by atoms with Crippen molar-refractivity contribution in [1.29, 1.82) is 0 Å². The lowest BCUT2D eigenvalue weighted by Gasteiger charge is -2.04. The van der Waals surface area contributed by atoms with Crippen LogP contribution in [0.3, 0.4) is 0 Å². The third-order valence-corrected chi connectivity index (χ3v) is 5.96. The van der Waals surface area contributed by atoms with Gasteiger partial charge in [0.25, 0.3) is 10.0 Å². The number of nitrogens with one attached hydrogen (secondary N) is 1. The molecule has 8 heteroatoms. The van der Waals surface area contributed by atoms with Gasteiger partial charge in [-0.1, -0.05) is 17.4 Å². The van der Waals surface area contributed by atoms with Crippen molar-refractivity contribution in [3.8, 4) is 0 Å². The van der Waals surface area contributed by atoms with Gasteiger partial charge >= 0.3 is 0 Å². The van der Waals surface area contributed by atoms with Crippen molar-refractivity contribution < 1.29 is 8.42 Å². The molecule has 0 unspecified atom stereocenters. The predicted molar refractivity (Wildman–Crippen MR) is 92.5 cm³/mol. The quantitative estimate of drug-likeness (QED) is 0.781. The highest BCUT2D eigenvalue weighted by Gasteiger charge is 2.22. The van der Waals surface area contributed by atoms with Crippen LogP contribution in [-0.4, -0.2) is 23.2 Å². The SMILES string of the molecule is Cc1ccc2nc(NS(=O)(=O)c3cn(C(C)C)nc3C)sc2c1. The Hall–Kier alpha value is -1.93. The lowest BCUT2D eigenvalue weighted by Crippen LogP contribution is -2.13. The van der Waals surface area contributed by atoms with Crippen LogP contribution in [0.1, 0.15) is 31.1 Å². The summed E-state index contributed by atoms with van der Waals surface area (Å²) in [7, 11) is -3.70. The highest BCUT2D eigenvalue weighted by atomic mass is 32.2. The minimum Gasteiger partial charge on any atom is -0.269 e. The van der Waals surface area contributed by atoms with Crippen molar-refractivity contribution in [2.24, 2.45) is 0 Å². The van der Waals surface area contributed by atoms with Crippen molar-refractivity contribution >= 4 is 36.7 Å². The maximum Gasteiger partial charge on any atom is 0.267 e. The molecule has 23 heavy (non-hydrogen) atoms. The molecule has 0 saturated carbocycles. The normalized spacial score (nSPS) is 12.2. The molecule has 0 radical (unpaired) electrons. The number of hydrogen-bond donors (Lipinski definition) is 1. The van der Waals surface area contributed by atoms with Gasteiger partial charge in [0.1, 0.15) is 4.90 Å². The molecule has 0 atom stereocenters. The van der Waals surface area contributed by atoms with E-state index in [0.29, 0.717) is 10.8 Å². The number of fused-ring (bicyclic) bond motifs is 1. The molecule has 0 fully saturated rings. The molecule has 0 aliphatic carbocycles. The molecule has 0 bridgehead atoms. The highest BCUT2D eigenvalue weighted by molar-refractivity contribution is 7.93. The lowest BCUT2D eigenvalue weighted by atomic mass is 10.2. The topological polar surface area (TPSA) is 76.9 Å². The first-order valence-electron chi connectivity index (χ1n) is 7.22. The van der Waals surface area contributed by atoms with Crippen LogP contribution in [0.2, 0.25) is 0 Å². The van der Waals surface area contributed by atoms with Crippen LogP contribution in [0.5, 0.6) is 0 Å². The summed E-state index contributed by atoms with van der Waals surface area (Å²) in [5, 5.41) is 4.62. The van der Waals surface area contributed by atoms with Gasteiger partial charge in [0.15, 0.2) is 5.13 Å². The van der Waals surface area contributed by atoms with Gasteiger partial charge in [-0.3, -0.25) is 9.40 Å². The Morgan fingerprint density at radius 2 is 2.00 bits per heavy atom. The minimum atomic E-state index is -3.70. The number of nitrogens with zero attached hydrogens (tertiary/aromatic N) is 3.